The molecule has 2 nitrogen and oxygen atoms in total. The van der Waals surface area contributed by atoms with Gasteiger partial charge in [-0.25, -0.2) is 4.99 Å². The van der Waals surface area contributed by atoms with Crippen molar-refractivity contribution in [3.8, 4) is 0 Å². The van der Waals surface area contributed by atoms with Gasteiger partial charge in [0.25, 0.3) is 0 Å². The number of rotatable bonds is 6. The van der Waals surface area contributed by atoms with Gasteiger partial charge in [0.2, 0.25) is 0 Å². The highest BCUT2D eigenvalue weighted by atomic mass is 31.1. The summed E-state index contributed by atoms with van der Waals surface area (Å²) in [6.45, 7) is 9.71. The van der Waals surface area contributed by atoms with Crippen LogP contribution in [0.1, 0.15) is 27.7 Å². The molecule has 0 aliphatic carbocycles. The van der Waals surface area contributed by atoms with Crippen LogP contribution in [-0.4, -0.2) is 24.7 Å². The van der Waals surface area contributed by atoms with Gasteiger partial charge in [0.1, 0.15) is 6.61 Å². The predicted molar refractivity (Wildman–Crippen MR) is 110 cm³/mol. The van der Waals surface area contributed by atoms with Crippen LogP contribution in [0.4, 0.5) is 0 Å². The SMILES string of the molecule is CC(C)C1COC(C(C)(C)CP(c2ccccc2)c2ccccc2)=N1. The van der Waals surface area contributed by atoms with Crippen molar-refractivity contribution in [1.82, 2.24) is 0 Å². The molecule has 3 heteroatoms. The van der Waals surface area contributed by atoms with Crippen LogP contribution >= 0.6 is 7.92 Å². The summed E-state index contributed by atoms with van der Waals surface area (Å²) in [6, 6.07) is 22.0. The second-order valence-electron chi connectivity index (χ2n) is 7.70. The van der Waals surface area contributed by atoms with Gasteiger partial charge >= 0.3 is 0 Å². The van der Waals surface area contributed by atoms with Crippen molar-refractivity contribution in [2.45, 2.75) is 33.7 Å². The summed E-state index contributed by atoms with van der Waals surface area (Å²) >= 11 is 0. The van der Waals surface area contributed by atoms with Crippen LogP contribution in [0.2, 0.25) is 0 Å². The predicted octanol–water partition coefficient (Wildman–Crippen LogP) is 4.60. The third-order valence-corrected chi connectivity index (χ3v) is 7.66. The van der Waals surface area contributed by atoms with Gasteiger partial charge in [-0.1, -0.05) is 88.4 Å². The second-order valence-corrected chi connectivity index (χ2v) is 9.90. The monoisotopic (exact) mass is 353 g/mol. The highest BCUT2D eigenvalue weighted by Gasteiger charge is 2.36. The van der Waals surface area contributed by atoms with E-state index in [1.54, 1.807) is 0 Å². The van der Waals surface area contributed by atoms with Gasteiger partial charge in [0, 0.05) is 5.41 Å². The number of hydrogen-bond acceptors (Lipinski definition) is 2. The van der Waals surface area contributed by atoms with Crippen LogP contribution in [0, 0.1) is 11.3 Å². The Bertz CT molecular complexity index is 670. The van der Waals surface area contributed by atoms with Crippen molar-refractivity contribution in [3.63, 3.8) is 0 Å². The van der Waals surface area contributed by atoms with E-state index >= 15 is 0 Å². The molecule has 0 radical (unpaired) electrons. The van der Waals surface area contributed by atoms with Crippen molar-refractivity contribution in [1.29, 1.82) is 0 Å². The lowest BCUT2D eigenvalue weighted by molar-refractivity contribution is 0.266. The lowest BCUT2D eigenvalue weighted by Crippen LogP contribution is -2.31. The van der Waals surface area contributed by atoms with Crippen LogP contribution in [0.5, 0.6) is 0 Å². The molecule has 2 aromatic rings. The molecule has 2 aromatic carbocycles. The number of ether oxygens (including phenoxy) is 1. The fourth-order valence-corrected chi connectivity index (χ4v) is 5.76. The zero-order valence-corrected chi connectivity index (χ0v) is 16.5. The first-order valence-corrected chi connectivity index (χ1v) is 10.6. The molecule has 0 N–H and O–H groups in total. The van der Waals surface area contributed by atoms with E-state index in [9.17, 15) is 0 Å². The first-order valence-electron chi connectivity index (χ1n) is 9.06. The van der Waals surface area contributed by atoms with Crippen LogP contribution in [0.3, 0.4) is 0 Å². The van der Waals surface area contributed by atoms with Gasteiger partial charge < -0.3 is 4.74 Å². The third kappa shape index (κ3) is 4.30. The molecule has 0 amide bonds. The van der Waals surface area contributed by atoms with Gasteiger partial charge in [-0.3, -0.25) is 0 Å². The van der Waals surface area contributed by atoms with Gasteiger partial charge in [-0.05, 0) is 30.6 Å². The minimum absolute atomic E-state index is 0.0684. The number of aliphatic imine (C=N–C) groups is 1. The summed E-state index contributed by atoms with van der Waals surface area (Å²) in [7, 11) is -0.445. The largest absolute Gasteiger partial charge is 0.478 e. The molecule has 25 heavy (non-hydrogen) atoms. The Balaban J connectivity index is 1.89. The van der Waals surface area contributed by atoms with Crippen molar-refractivity contribution in [2.75, 3.05) is 12.8 Å². The molecule has 1 unspecified atom stereocenters. The Morgan fingerprint density at radius 1 is 1.00 bits per heavy atom. The van der Waals surface area contributed by atoms with E-state index in [4.69, 9.17) is 9.73 Å². The Morgan fingerprint density at radius 3 is 1.96 bits per heavy atom. The zero-order chi connectivity index (χ0) is 17.9. The molecule has 3 rings (SSSR count). The van der Waals surface area contributed by atoms with Gasteiger partial charge in [0.15, 0.2) is 5.90 Å². The first-order chi connectivity index (χ1) is 12.0. The molecule has 1 heterocycles. The summed E-state index contributed by atoms with van der Waals surface area (Å²) in [4.78, 5) is 4.90. The average Bonchev–Trinajstić information content (AvgIpc) is 3.13. The van der Waals surface area contributed by atoms with E-state index in [-0.39, 0.29) is 5.41 Å². The number of benzene rings is 2. The van der Waals surface area contributed by atoms with Crippen molar-refractivity contribution in [2.24, 2.45) is 16.3 Å². The lowest BCUT2D eigenvalue weighted by atomic mass is 9.96. The van der Waals surface area contributed by atoms with E-state index in [0.29, 0.717) is 12.0 Å². The van der Waals surface area contributed by atoms with Crippen molar-refractivity contribution in [3.05, 3.63) is 60.7 Å². The highest BCUT2D eigenvalue weighted by molar-refractivity contribution is 7.73. The van der Waals surface area contributed by atoms with Crippen molar-refractivity contribution < 1.29 is 4.74 Å². The molecule has 1 aliphatic rings. The minimum Gasteiger partial charge on any atom is -0.478 e. The van der Waals surface area contributed by atoms with E-state index in [2.05, 4.69) is 88.4 Å². The quantitative estimate of drug-likeness (QED) is 0.696. The molecule has 0 spiro atoms. The first kappa shape index (κ1) is 18.1. The Hall–Kier alpha value is -1.66. The molecule has 1 atom stereocenters. The molecule has 0 bridgehead atoms. The van der Waals surface area contributed by atoms with Crippen molar-refractivity contribution >= 4 is 24.4 Å². The zero-order valence-electron chi connectivity index (χ0n) is 15.6. The van der Waals surface area contributed by atoms with Gasteiger partial charge in [-0.15, -0.1) is 0 Å². The molecular formula is C22H28NOP. The van der Waals surface area contributed by atoms with E-state index in [1.807, 2.05) is 0 Å². The van der Waals surface area contributed by atoms with Crippen LogP contribution < -0.4 is 10.6 Å². The fraction of sp³-hybridized carbons (Fsp3) is 0.409. The summed E-state index contributed by atoms with van der Waals surface area (Å²) in [5.41, 5.74) is -0.0684. The minimum atomic E-state index is -0.445. The summed E-state index contributed by atoms with van der Waals surface area (Å²) in [6.07, 6.45) is 1.04. The summed E-state index contributed by atoms with van der Waals surface area (Å²) < 4.78 is 6.02. The lowest BCUT2D eigenvalue weighted by Gasteiger charge is -2.30. The third-order valence-electron chi connectivity index (χ3n) is 4.71. The Morgan fingerprint density at radius 2 is 1.52 bits per heavy atom. The molecule has 0 saturated heterocycles. The van der Waals surface area contributed by atoms with Gasteiger partial charge in [-0.2, -0.15) is 0 Å². The Labute approximate surface area is 153 Å². The fourth-order valence-electron chi connectivity index (χ4n) is 3.11. The van der Waals surface area contributed by atoms with Crippen LogP contribution in [0.15, 0.2) is 65.7 Å². The summed E-state index contributed by atoms with van der Waals surface area (Å²) in [5, 5.41) is 2.83. The normalized spacial score (nSPS) is 17.7. The number of hydrogen-bond donors (Lipinski definition) is 0. The van der Waals surface area contributed by atoms with Crippen LogP contribution in [-0.2, 0) is 4.74 Å². The maximum absolute atomic E-state index is 6.02. The van der Waals surface area contributed by atoms with Gasteiger partial charge in [0.05, 0.1) is 6.04 Å². The van der Waals surface area contributed by atoms with E-state index in [1.165, 1.54) is 10.6 Å². The number of nitrogens with zero attached hydrogens (tertiary/aromatic N) is 1. The molecule has 0 aromatic heterocycles. The molecule has 132 valence electrons. The van der Waals surface area contributed by atoms with E-state index < -0.39 is 7.92 Å². The molecular weight excluding hydrogens is 325 g/mol. The second kappa shape index (κ2) is 7.70. The maximum atomic E-state index is 6.02. The topological polar surface area (TPSA) is 21.6 Å². The van der Waals surface area contributed by atoms with Crippen LogP contribution in [0.25, 0.3) is 0 Å². The average molecular weight is 353 g/mol. The molecule has 1 aliphatic heterocycles. The Kier molecular flexibility index (Phi) is 5.59. The molecule has 0 fully saturated rings. The van der Waals surface area contributed by atoms with E-state index in [0.717, 1.165) is 18.7 Å². The smallest absolute Gasteiger partial charge is 0.189 e. The maximum Gasteiger partial charge on any atom is 0.189 e. The molecule has 0 saturated carbocycles. The highest BCUT2D eigenvalue weighted by Crippen LogP contribution is 2.42. The summed E-state index contributed by atoms with van der Waals surface area (Å²) in [5.74, 6) is 1.46. The standard InChI is InChI=1S/C22H28NOP/c1-17(2)20-15-24-21(23-20)22(3,4)16-25(18-11-7-5-8-12-18)19-13-9-6-10-14-19/h5-14,17,20H,15-16H2,1-4H3.